The minimum absolute atomic E-state index is 0.0102. The summed E-state index contributed by atoms with van der Waals surface area (Å²) in [4.78, 5) is 24.4. The van der Waals surface area contributed by atoms with Crippen LogP contribution in [0.1, 0.15) is 18.5 Å². The molecule has 1 aromatic heterocycles. The van der Waals surface area contributed by atoms with E-state index in [0.717, 1.165) is 19.6 Å². The zero-order valence-corrected chi connectivity index (χ0v) is 10.5. The van der Waals surface area contributed by atoms with Crippen molar-refractivity contribution in [1.29, 1.82) is 0 Å². The molecule has 1 fully saturated rings. The molecule has 0 atom stereocenters. The molecule has 0 amide bonds. The van der Waals surface area contributed by atoms with Crippen molar-refractivity contribution >= 4 is 5.69 Å². The summed E-state index contributed by atoms with van der Waals surface area (Å²) >= 11 is 0. The van der Waals surface area contributed by atoms with Gasteiger partial charge in [-0.25, -0.2) is 0 Å². The molecule has 0 bridgehead atoms. The number of nitro groups is 1. The van der Waals surface area contributed by atoms with Crippen molar-refractivity contribution in [1.82, 2.24) is 9.47 Å². The average molecular weight is 251 g/mol. The lowest BCUT2D eigenvalue weighted by molar-refractivity contribution is -0.386. The van der Waals surface area contributed by atoms with E-state index in [9.17, 15) is 14.9 Å². The SMILES string of the molecule is Cc1c([N+](=O)[O-])ccc(=O)n1CCN1CCCC1. The summed E-state index contributed by atoms with van der Waals surface area (Å²) in [6, 6.07) is 2.55. The highest BCUT2D eigenvalue weighted by Crippen LogP contribution is 2.15. The summed E-state index contributed by atoms with van der Waals surface area (Å²) < 4.78 is 1.50. The fraction of sp³-hybridized carbons (Fsp3) is 0.583. The molecule has 1 aromatic rings. The normalized spacial score (nSPS) is 16.1. The van der Waals surface area contributed by atoms with Gasteiger partial charge in [0.15, 0.2) is 0 Å². The Morgan fingerprint density at radius 1 is 1.28 bits per heavy atom. The van der Waals surface area contributed by atoms with Crippen LogP contribution in [0.5, 0.6) is 0 Å². The van der Waals surface area contributed by atoms with Gasteiger partial charge < -0.3 is 9.47 Å². The first-order chi connectivity index (χ1) is 8.59. The second-order valence-electron chi connectivity index (χ2n) is 4.60. The van der Waals surface area contributed by atoms with Crippen LogP contribution in [-0.2, 0) is 6.54 Å². The van der Waals surface area contributed by atoms with Crippen LogP contribution in [0.3, 0.4) is 0 Å². The number of pyridine rings is 1. The first-order valence-electron chi connectivity index (χ1n) is 6.17. The molecule has 1 saturated heterocycles. The summed E-state index contributed by atoms with van der Waals surface area (Å²) in [5.41, 5.74) is 0.278. The average Bonchev–Trinajstić information content (AvgIpc) is 2.81. The minimum atomic E-state index is -0.443. The molecule has 2 rings (SSSR count). The van der Waals surface area contributed by atoms with Gasteiger partial charge in [0.25, 0.3) is 11.2 Å². The predicted octanol–water partition coefficient (Wildman–Crippen LogP) is 1.16. The molecule has 0 aromatic carbocycles. The lowest BCUT2D eigenvalue weighted by atomic mass is 10.3. The molecule has 0 N–H and O–H groups in total. The molecule has 0 spiro atoms. The fourth-order valence-corrected chi connectivity index (χ4v) is 2.38. The van der Waals surface area contributed by atoms with E-state index in [1.54, 1.807) is 6.92 Å². The lowest BCUT2D eigenvalue weighted by Crippen LogP contribution is -2.30. The van der Waals surface area contributed by atoms with E-state index in [4.69, 9.17) is 0 Å². The molecular weight excluding hydrogens is 234 g/mol. The summed E-state index contributed by atoms with van der Waals surface area (Å²) in [5, 5.41) is 10.8. The molecule has 1 aliphatic heterocycles. The third kappa shape index (κ3) is 2.59. The van der Waals surface area contributed by atoms with Crippen LogP contribution in [0.15, 0.2) is 16.9 Å². The van der Waals surface area contributed by atoms with Crippen LogP contribution in [0, 0.1) is 17.0 Å². The van der Waals surface area contributed by atoms with Crippen molar-refractivity contribution in [3.8, 4) is 0 Å². The molecule has 0 unspecified atom stereocenters. The lowest BCUT2D eigenvalue weighted by Gasteiger charge is -2.16. The maximum Gasteiger partial charge on any atom is 0.288 e. The maximum absolute atomic E-state index is 11.7. The van der Waals surface area contributed by atoms with E-state index < -0.39 is 4.92 Å². The Kier molecular flexibility index (Phi) is 3.76. The van der Waals surface area contributed by atoms with Crippen LogP contribution in [0.25, 0.3) is 0 Å². The molecule has 2 heterocycles. The number of hydrogen-bond acceptors (Lipinski definition) is 4. The van der Waals surface area contributed by atoms with Gasteiger partial charge in [0.1, 0.15) is 0 Å². The Bertz CT molecular complexity index is 504. The van der Waals surface area contributed by atoms with Gasteiger partial charge in [-0.05, 0) is 32.9 Å². The van der Waals surface area contributed by atoms with Gasteiger partial charge in [-0.15, -0.1) is 0 Å². The smallest absolute Gasteiger partial charge is 0.288 e. The van der Waals surface area contributed by atoms with Crippen LogP contribution < -0.4 is 5.56 Å². The van der Waals surface area contributed by atoms with Crippen LogP contribution in [-0.4, -0.2) is 34.0 Å². The van der Waals surface area contributed by atoms with Crippen molar-refractivity contribution in [2.45, 2.75) is 26.3 Å². The molecule has 18 heavy (non-hydrogen) atoms. The third-order valence-electron chi connectivity index (χ3n) is 3.46. The minimum Gasteiger partial charge on any atom is -0.305 e. The summed E-state index contributed by atoms with van der Waals surface area (Å²) in [6.45, 7) is 5.04. The summed E-state index contributed by atoms with van der Waals surface area (Å²) in [5.74, 6) is 0. The van der Waals surface area contributed by atoms with Crippen molar-refractivity contribution < 1.29 is 4.92 Å². The third-order valence-corrected chi connectivity index (χ3v) is 3.46. The topological polar surface area (TPSA) is 68.4 Å². The molecule has 0 saturated carbocycles. The maximum atomic E-state index is 11.7. The number of rotatable bonds is 4. The summed E-state index contributed by atoms with van der Waals surface area (Å²) in [7, 11) is 0. The first kappa shape index (κ1) is 12.8. The Morgan fingerprint density at radius 2 is 1.94 bits per heavy atom. The molecule has 98 valence electrons. The van der Waals surface area contributed by atoms with Crippen LogP contribution in [0.2, 0.25) is 0 Å². The number of likely N-dealkylation sites (tertiary alicyclic amines) is 1. The zero-order valence-electron chi connectivity index (χ0n) is 10.5. The van der Waals surface area contributed by atoms with Crippen molar-refractivity contribution in [3.63, 3.8) is 0 Å². The van der Waals surface area contributed by atoms with E-state index in [1.165, 1.54) is 29.5 Å². The van der Waals surface area contributed by atoms with Crippen molar-refractivity contribution in [3.05, 3.63) is 38.3 Å². The van der Waals surface area contributed by atoms with E-state index in [2.05, 4.69) is 4.90 Å². The zero-order chi connectivity index (χ0) is 13.1. The second kappa shape index (κ2) is 5.30. The number of aromatic nitrogens is 1. The molecule has 0 aliphatic carbocycles. The van der Waals surface area contributed by atoms with Gasteiger partial charge in [0.2, 0.25) is 0 Å². The quantitative estimate of drug-likeness (QED) is 0.595. The van der Waals surface area contributed by atoms with Crippen molar-refractivity contribution in [2.75, 3.05) is 19.6 Å². The fourth-order valence-electron chi connectivity index (χ4n) is 2.38. The highest BCUT2D eigenvalue weighted by molar-refractivity contribution is 5.34. The van der Waals surface area contributed by atoms with E-state index >= 15 is 0 Å². The summed E-state index contributed by atoms with van der Waals surface area (Å²) in [6.07, 6.45) is 2.39. The Balaban J connectivity index is 2.18. The largest absolute Gasteiger partial charge is 0.305 e. The molecule has 6 heteroatoms. The Morgan fingerprint density at radius 3 is 2.56 bits per heavy atom. The highest BCUT2D eigenvalue weighted by Gasteiger charge is 2.16. The van der Waals surface area contributed by atoms with Gasteiger partial charge in [-0.1, -0.05) is 0 Å². The first-order valence-corrected chi connectivity index (χ1v) is 6.17. The predicted molar refractivity (Wildman–Crippen MR) is 67.8 cm³/mol. The van der Waals surface area contributed by atoms with Gasteiger partial charge in [-0.2, -0.15) is 0 Å². The molecule has 0 radical (unpaired) electrons. The highest BCUT2D eigenvalue weighted by atomic mass is 16.6. The van der Waals surface area contributed by atoms with Crippen molar-refractivity contribution in [2.24, 2.45) is 0 Å². The van der Waals surface area contributed by atoms with Gasteiger partial charge >= 0.3 is 0 Å². The van der Waals surface area contributed by atoms with Gasteiger partial charge in [-0.3, -0.25) is 14.9 Å². The van der Waals surface area contributed by atoms with E-state index in [0.29, 0.717) is 12.2 Å². The van der Waals surface area contributed by atoms with Gasteiger partial charge in [0.05, 0.1) is 10.6 Å². The number of nitrogens with zero attached hydrogens (tertiary/aromatic N) is 3. The number of hydrogen-bond donors (Lipinski definition) is 0. The van der Waals surface area contributed by atoms with E-state index in [1.807, 2.05) is 0 Å². The molecule has 6 nitrogen and oxygen atoms in total. The Labute approximate surface area is 105 Å². The van der Waals surface area contributed by atoms with Crippen LogP contribution in [0.4, 0.5) is 5.69 Å². The monoisotopic (exact) mass is 251 g/mol. The van der Waals surface area contributed by atoms with Crippen LogP contribution >= 0.6 is 0 Å². The molecule has 1 aliphatic rings. The molecular formula is C12H17N3O3. The second-order valence-corrected chi connectivity index (χ2v) is 4.60. The Hall–Kier alpha value is -1.69. The standard InChI is InChI=1S/C12H17N3O3/c1-10-11(15(17)18)4-5-12(16)14(10)9-8-13-6-2-3-7-13/h4-5H,2-3,6-9H2,1H3. The van der Waals surface area contributed by atoms with E-state index in [-0.39, 0.29) is 11.2 Å². The van der Waals surface area contributed by atoms with Gasteiger partial charge in [0, 0.05) is 25.2 Å².